The molecule has 0 aliphatic heterocycles. The lowest BCUT2D eigenvalue weighted by Gasteiger charge is -2.31. The molecule has 0 radical (unpaired) electrons. The molecule has 0 bridgehead atoms. The van der Waals surface area contributed by atoms with Crippen LogP contribution < -0.4 is 15.9 Å². The molecular formula is C24H27PS. The molecular weight excluding hydrogens is 351 g/mol. The topological polar surface area (TPSA) is 0 Å². The molecule has 134 valence electrons. The summed E-state index contributed by atoms with van der Waals surface area (Å²) in [6.45, 7) is 9.11. The fourth-order valence-electron chi connectivity index (χ4n) is 3.56. The molecule has 0 spiro atoms. The van der Waals surface area contributed by atoms with Crippen molar-refractivity contribution in [2.75, 3.05) is 0 Å². The Hall–Kier alpha value is -1.69. The fraction of sp³-hybridized carbons (Fsp3) is 0.250. The van der Waals surface area contributed by atoms with Gasteiger partial charge in [0.2, 0.25) is 0 Å². The first-order chi connectivity index (χ1) is 12.5. The highest BCUT2D eigenvalue weighted by atomic mass is 32.4. The second-order valence-corrected chi connectivity index (χ2v) is 11.7. The SMILES string of the molecule is CC(C)c1cccc(C(C)C)c1P(=S)(c1ccccc1)c1ccccc1. The quantitative estimate of drug-likeness (QED) is 0.514. The second kappa shape index (κ2) is 7.91. The summed E-state index contributed by atoms with van der Waals surface area (Å²) in [6.07, 6.45) is 0. The van der Waals surface area contributed by atoms with E-state index in [9.17, 15) is 0 Å². The van der Waals surface area contributed by atoms with Gasteiger partial charge in [-0.3, -0.25) is 0 Å². The summed E-state index contributed by atoms with van der Waals surface area (Å²) in [5.41, 5.74) is 2.79. The monoisotopic (exact) mass is 378 g/mol. The molecule has 3 rings (SSSR count). The lowest BCUT2D eigenvalue weighted by atomic mass is 9.95. The third-order valence-corrected chi connectivity index (χ3v) is 9.91. The molecule has 0 fully saturated rings. The summed E-state index contributed by atoms with van der Waals surface area (Å²) in [4.78, 5) is 0. The Labute approximate surface area is 163 Å². The van der Waals surface area contributed by atoms with Crippen LogP contribution in [-0.2, 0) is 11.8 Å². The number of rotatable bonds is 5. The standard InChI is InChI=1S/C24H27PS/c1-18(2)22-16-11-17-23(19(3)4)24(22)25(26,20-12-7-5-8-13-20)21-14-9-6-10-15-21/h5-19H,1-4H3. The van der Waals surface area contributed by atoms with E-state index in [1.807, 2.05) is 0 Å². The molecule has 0 aromatic heterocycles. The van der Waals surface area contributed by atoms with Gasteiger partial charge in [0.1, 0.15) is 0 Å². The normalized spacial score (nSPS) is 11.9. The van der Waals surface area contributed by atoms with Crippen molar-refractivity contribution < 1.29 is 0 Å². The maximum absolute atomic E-state index is 6.63. The highest BCUT2D eigenvalue weighted by Crippen LogP contribution is 2.46. The minimum atomic E-state index is -2.13. The van der Waals surface area contributed by atoms with Crippen molar-refractivity contribution in [1.82, 2.24) is 0 Å². The van der Waals surface area contributed by atoms with Crippen LogP contribution in [0, 0.1) is 0 Å². The smallest absolute Gasteiger partial charge is 0.0385 e. The van der Waals surface area contributed by atoms with E-state index in [0.29, 0.717) is 11.8 Å². The van der Waals surface area contributed by atoms with Gasteiger partial charge in [-0.05, 0) is 33.6 Å². The molecule has 0 saturated heterocycles. The number of hydrogen-bond acceptors (Lipinski definition) is 1. The Balaban J connectivity index is 2.44. The summed E-state index contributed by atoms with van der Waals surface area (Å²) in [7, 11) is 0. The molecule has 0 saturated carbocycles. The third-order valence-electron chi connectivity index (χ3n) is 4.90. The highest BCUT2D eigenvalue weighted by molar-refractivity contribution is 8.25. The van der Waals surface area contributed by atoms with Crippen molar-refractivity contribution in [1.29, 1.82) is 0 Å². The van der Waals surface area contributed by atoms with E-state index >= 15 is 0 Å². The van der Waals surface area contributed by atoms with Gasteiger partial charge in [0.05, 0.1) is 0 Å². The fourth-order valence-corrected chi connectivity index (χ4v) is 8.31. The Morgan fingerprint density at radius 2 is 0.962 bits per heavy atom. The van der Waals surface area contributed by atoms with Crippen molar-refractivity contribution in [3.63, 3.8) is 0 Å². The van der Waals surface area contributed by atoms with Gasteiger partial charge in [0.15, 0.2) is 0 Å². The summed E-state index contributed by atoms with van der Waals surface area (Å²) in [5.74, 6) is 0.886. The molecule has 2 heteroatoms. The van der Waals surface area contributed by atoms with Crippen LogP contribution in [0.15, 0.2) is 78.9 Å². The van der Waals surface area contributed by atoms with Crippen LogP contribution >= 0.6 is 6.04 Å². The average Bonchev–Trinajstić information content (AvgIpc) is 2.68. The van der Waals surface area contributed by atoms with E-state index in [2.05, 4.69) is 107 Å². The van der Waals surface area contributed by atoms with E-state index in [-0.39, 0.29) is 0 Å². The number of benzene rings is 3. The molecule has 0 aliphatic rings. The minimum Gasteiger partial charge on any atom is -0.0826 e. The summed E-state index contributed by atoms with van der Waals surface area (Å²) in [6, 6.07) is 26.1. The van der Waals surface area contributed by atoms with Gasteiger partial charge < -0.3 is 0 Å². The first-order valence-corrected chi connectivity index (χ1v) is 12.1. The zero-order chi connectivity index (χ0) is 18.7. The molecule has 26 heavy (non-hydrogen) atoms. The van der Waals surface area contributed by atoms with Crippen LogP contribution in [0.1, 0.15) is 50.7 Å². The van der Waals surface area contributed by atoms with E-state index in [4.69, 9.17) is 11.8 Å². The van der Waals surface area contributed by atoms with Gasteiger partial charge >= 0.3 is 0 Å². The van der Waals surface area contributed by atoms with E-state index in [1.54, 1.807) is 0 Å². The van der Waals surface area contributed by atoms with Crippen LogP contribution in [0.3, 0.4) is 0 Å². The van der Waals surface area contributed by atoms with Gasteiger partial charge in [0.25, 0.3) is 0 Å². The van der Waals surface area contributed by atoms with Crippen molar-refractivity contribution >= 4 is 33.8 Å². The van der Waals surface area contributed by atoms with E-state index in [0.717, 1.165) is 0 Å². The molecule has 0 nitrogen and oxygen atoms in total. The Morgan fingerprint density at radius 1 is 0.577 bits per heavy atom. The molecule has 3 aromatic carbocycles. The van der Waals surface area contributed by atoms with Crippen molar-refractivity contribution in [3.05, 3.63) is 90.0 Å². The first-order valence-electron chi connectivity index (χ1n) is 9.31. The van der Waals surface area contributed by atoms with Crippen LogP contribution in [-0.4, -0.2) is 0 Å². The van der Waals surface area contributed by atoms with Gasteiger partial charge in [-0.1, -0.05) is 118 Å². The molecule has 0 heterocycles. The van der Waals surface area contributed by atoms with E-state index < -0.39 is 6.04 Å². The van der Waals surface area contributed by atoms with Gasteiger partial charge in [0, 0.05) is 11.3 Å². The maximum atomic E-state index is 6.63. The molecule has 0 N–H and O–H groups in total. The third kappa shape index (κ3) is 3.43. The lowest BCUT2D eigenvalue weighted by molar-refractivity contribution is 0.846. The average molecular weight is 379 g/mol. The Morgan fingerprint density at radius 3 is 1.31 bits per heavy atom. The maximum Gasteiger partial charge on any atom is 0.0385 e. The molecule has 0 unspecified atom stereocenters. The van der Waals surface area contributed by atoms with Crippen molar-refractivity contribution in [2.45, 2.75) is 39.5 Å². The van der Waals surface area contributed by atoms with Gasteiger partial charge in [-0.25, -0.2) is 0 Å². The lowest BCUT2D eigenvalue weighted by Crippen LogP contribution is -2.30. The first kappa shape index (κ1) is 19.1. The summed E-state index contributed by atoms with van der Waals surface area (Å²) < 4.78 is 0. The number of hydrogen-bond donors (Lipinski definition) is 0. The highest BCUT2D eigenvalue weighted by Gasteiger charge is 2.30. The Kier molecular flexibility index (Phi) is 5.80. The largest absolute Gasteiger partial charge is 0.0826 e. The van der Waals surface area contributed by atoms with Crippen LogP contribution in [0.5, 0.6) is 0 Å². The molecule has 0 aliphatic carbocycles. The Bertz CT molecular complexity index is 842. The molecule has 3 aromatic rings. The zero-order valence-corrected chi connectivity index (χ0v) is 17.7. The predicted molar refractivity (Wildman–Crippen MR) is 121 cm³/mol. The van der Waals surface area contributed by atoms with E-state index in [1.165, 1.54) is 27.0 Å². The van der Waals surface area contributed by atoms with Crippen LogP contribution in [0.25, 0.3) is 0 Å². The van der Waals surface area contributed by atoms with Crippen LogP contribution in [0.4, 0.5) is 0 Å². The zero-order valence-electron chi connectivity index (χ0n) is 16.0. The predicted octanol–water partition coefficient (Wildman–Crippen LogP) is 5.69. The van der Waals surface area contributed by atoms with Crippen molar-refractivity contribution in [3.8, 4) is 0 Å². The second-order valence-electron chi connectivity index (χ2n) is 7.37. The van der Waals surface area contributed by atoms with Crippen LogP contribution in [0.2, 0.25) is 0 Å². The van der Waals surface area contributed by atoms with Gasteiger partial charge in [-0.2, -0.15) is 0 Å². The minimum absolute atomic E-state index is 0.443. The molecule has 0 amide bonds. The van der Waals surface area contributed by atoms with Gasteiger partial charge in [-0.15, -0.1) is 0 Å². The van der Waals surface area contributed by atoms with Crippen molar-refractivity contribution in [2.24, 2.45) is 0 Å². The molecule has 0 atom stereocenters. The summed E-state index contributed by atoms with van der Waals surface area (Å²) >= 11 is 6.63. The summed E-state index contributed by atoms with van der Waals surface area (Å²) in [5, 5.41) is 3.95.